The van der Waals surface area contributed by atoms with Gasteiger partial charge in [-0.1, -0.05) is 57.7 Å². The second-order valence-electron chi connectivity index (χ2n) is 16.7. The predicted molar refractivity (Wildman–Crippen MR) is 279 cm³/mol. The van der Waals surface area contributed by atoms with E-state index >= 15 is 0 Å². The lowest BCUT2D eigenvalue weighted by Crippen LogP contribution is -2.42. The number of carbonyl (C=O) groups is 3. The van der Waals surface area contributed by atoms with Gasteiger partial charge in [-0.2, -0.15) is 0 Å². The lowest BCUT2D eigenvalue weighted by Gasteiger charge is -2.27. The van der Waals surface area contributed by atoms with Crippen molar-refractivity contribution in [1.29, 1.82) is 0 Å². The Bertz CT molecular complexity index is 2740. The van der Waals surface area contributed by atoms with E-state index in [1.54, 1.807) is 6.92 Å². The second kappa shape index (κ2) is 33.6. The molecule has 0 aliphatic carbocycles. The summed E-state index contributed by atoms with van der Waals surface area (Å²) < 4.78 is 52.5. The first-order valence-corrected chi connectivity index (χ1v) is 26.8. The number of unbranched alkanes of at least 4 members (excludes halogenated alkanes) is 3. The maximum atomic E-state index is 14.1. The Hall–Kier alpha value is -5.82. The molecule has 12 N–H and O–H groups in total. The third-order valence-corrected chi connectivity index (χ3v) is 13.1. The van der Waals surface area contributed by atoms with Crippen molar-refractivity contribution in [1.82, 2.24) is 29.3 Å². The number of aromatic amines is 2. The minimum Gasteiger partial charge on any atom is -0.465 e. The van der Waals surface area contributed by atoms with E-state index in [4.69, 9.17) is 44.7 Å². The largest absolute Gasteiger partial charge is 0.465 e. The third-order valence-electron chi connectivity index (χ3n) is 10.5. The van der Waals surface area contributed by atoms with Crippen LogP contribution in [0.2, 0.25) is 0 Å². The minimum atomic E-state index is -4.69. The van der Waals surface area contributed by atoms with Gasteiger partial charge >= 0.3 is 36.9 Å². The number of H-pyrrole nitrogens is 2. The summed E-state index contributed by atoms with van der Waals surface area (Å²) in [5.74, 6) is -0.538. The molecule has 36 heteroatoms. The molecule has 11 atom stereocenters. The second-order valence-corrected chi connectivity index (χ2v) is 20.3. The Morgan fingerprint density at radius 2 is 1.08 bits per heavy atom. The van der Waals surface area contributed by atoms with Crippen LogP contribution in [-0.2, 0) is 47.2 Å². The molecule has 33 nitrogen and oxygen atoms in total. The summed E-state index contributed by atoms with van der Waals surface area (Å²) in [6.45, 7) is 11.0. The van der Waals surface area contributed by atoms with Gasteiger partial charge in [0.1, 0.15) is 42.5 Å². The quantitative estimate of drug-likeness (QED) is 0.0134. The number of ether oxygens (including phenoxy) is 5. The van der Waals surface area contributed by atoms with Gasteiger partial charge in [-0.25, -0.2) is 19.8 Å². The van der Waals surface area contributed by atoms with E-state index in [2.05, 4.69) is 30.2 Å². The van der Waals surface area contributed by atoms with Gasteiger partial charge in [0.05, 0.1) is 19.8 Å². The zero-order valence-corrected chi connectivity index (χ0v) is 45.1. The highest BCUT2D eigenvalue weighted by molar-refractivity contribution is 7.63. The third kappa shape index (κ3) is 21.4. The molecule has 78 heavy (non-hydrogen) atoms. The fourth-order valence-electron chi connectivity index (χ4n) is 6.37. The molecule has 0 spiro atoms. The van der Waals surface area contributed by atoms with Crippen molar-refractivity contribution >= 4 is 45.4 Å². The molecule has 0 unspecified atom stereocenters. The number of halogens is 1. The van der Waals surface area contributed by atoms with Gasteiger partial charge in [0.25, 0.3) is 11.1 Å². The molecule has 2 aliphatic heterocycles. The molecule has 0 bridgehead atoms. The van der Waals surface area contributed by atoms with Gasteiger partial charge in [-0.3, -0.25) is 52.2 Å². The number of azide groups is 2. The predicted octanol–water partition coefficient (Wildman–Crippen LogP) is 1.36. The van der Waals surface area contributed by atoms with Crippen LogP contribution in [0.4, 0.5) is 0 Å². The summed E-state index contributed by atoms with van der Waals surface area (Å²) in [5, 5.41) is 53.4. The number of aromatic nitrogens is 4. The van der Waals surface area contributed by atoms with Gasteiger partial charge in [0.2, 0.25) is 7.44 Å². The van der Waals surface area contributed by atoms with Crippen molar-refractivity contribution in [3.63, 3.8) is 0 Å². The Morgan fingerprint density at radius 1 is 0.731 bits per heavy atom. The Balaban J connectivity index is 0.00000138. The maximum Gasteiger partial charge on any atom is 0.348 e. The molecule has 0 amide bonds. The zero-order valence-electron chi connectivity index (χ0n) is 42.5. The van der Waals surface area contributed by atoms with Crippen LogP contribution in [0.15, 0.2) is 77.7 Å². The molecule has 440 valence electrons. The van der Waals surface area contributed by atoms with Crippen LogP contribution in [0.1, 0.15) is 99.9 Å². The molecule has 4 rings (SSSR count). The van der Waals surface area contributed by atoms with E-state index in [1.807, 2.05) is 30.7 Å². The highest BCUT2D eigenvalue weighted by Crippen LogP contribution is 2.45. The molecule has 2 aromatic heterocycles. The fraction of sp³-hybridized carbons (Fsp3) is 0.643. The number of hydrogen-bond acceptors (Lipinski definition) is 21. The molecular weight excluding hydrogens is 1100 g/mol. The molecule has 0 aromatic carbocycles. The number of esters is 3. The highest BCUT2D eigenvalue weighted by Gasteiger charge is 2.55. The van der Waals surface area contributed by atoms with Crippen molar-refractivity contribution in [3.05, 3.63) is 111 Å². The summed E-state index contributed by atoms with van der Waals surface area (Å²) in [5.41, 5.74) is 14.9. The summed E-state index contributed by atoms with van der Waals surface area (Å²) in [6, 6.07) is -0.885. The number of nitrogens with zero attached hydrogens (tertiary/aromatic N) is 8. The summed E-state index contributed by atoms with van der Waals surface area (Å²) in [4.78, 5) is 109. The van der Waals surface area contributed by atoms with E-state index in [-0.39, 0.29) is 39.0 Å². The van der Waals surface area contributed by atoms with Gasteiger partial charge in [-0.15, -0.1) is 12.4 Å². The molecule has 0 radical (unpaired) electrons. The lowest BCUT2D eigenvalue weighted by atomic mass is 10.1. The monoisotopic (exact) mass is 1170 g/mol. The van der Waals surface area contributed by atoms with Crippen LogP contribution in [0.5, 0.6) is 0 Å². The van der Waals surface area contributed by atoms with Gasteiger partial charge < -0.3 is 59.6 Å². The van der Waals surface area contributed by atoms with Crippen LogP contribution in [-0.4, -0.2) is 141 Å². The first-order valence-electron chi connectivity index (χ1n) is 23.3. The van der Waals surface area contributed by atoms with E-state index in [9.17, 15) is 68.6 Å². The van der Waals surface area contributed by atoms with Crippen molar-refractivity contribution in [3.8, 4) is 0 Å². The van der Waals surface area contributed by atoms with Crippen LogP contribution in [0, 0.1) is 0 Å². The summed E-state index contributed by atoms with van der Waals surface area (Å²) >= 11 is 0. The van der Waals surface area contributed by atoms with Crippen LogP contribution < -0.4 is 38.4 Å². The summed E-state index contributed by atoms with van der Waals surface area (Å²) in [6.07, 6.45) is -2.65. The number of rotatable bonds is 24. The zero-order chi connectivity index (χ0) is 57.6. The molecule has 2 saturated heterocycles. The van der Waals surface area contributed by atoms with Crippen LogP contribution >= 0.6 is 27.4 Å². The fourth-order valence-corrected chi connectivity index (χ4v) is 8.80. The number of carbonyl (C=O) groups excluding carboxylic acids is 3. The Morgan fingerprint density at radius 3 is 1.38 bits per heavy atom. The topological polar surface area (TPSA) is 510 Å². The maximum absolute atomic E-state index is 14.1. The van der Waals surface area contributed by atoms with Crippen molar-refractivity contribution < 1.29 is 77.4 Å². The van der Waals surface area contributed by atoms with E-state index in [0.717, 1.165) is 71.2 Å². The summed E-state index contributed by atoms with van der Waals surface area (Å²) in [7, 11) is -8.84. The Kier molecular flexibility index (Phi) is 31.1. The number of aliphatic hydroxyl groups is 4. The molecule has 4 heterocycles. The van der Waals surface area contributed by atoms with Crippen molar-refractivity contribution in [2.45, 2.75) is 154 Å². The molecule has 2 aliphatic rings. The first kappa shape index (κ1) is 72.2. The molecule has 2 fully saturated rings. The number of hydrogen-bond donors (Lipinski definition) is 11. The molecule has 2 aromatic rings. The smallest absolute Gasteiger partial charge is 0.348 e. The highest BCUT2D eigenvalue weighted by atomic mass is 35.5. The molecular formula is C42H70ClN13O20P2. The Labute approximate surface area is 451 Å². The van der Waals surface area contributed by atoms with Crippen molar-refractivity contribution in [2.24, 2.45) is 16.0 Å². The average Bonchev–Trinajstić information content (AvgIpc) is 3.73. The number of nitrogens with one attached hydrogen (secondary N) is 4. The first-order chi connectivity index (χ1) is 35.6. The normalized spacial score (nSPS) is 23.8. The van der Waals surface area contributed by atoms with Gasteiger partial charge in [0, 0.05) is 46.0 Å². The molecule has 0 saturated carbocycles. The SMILES string of the molecule is C.CCCCOC(=O)[C@H](C)N.CCCCOC(=O)[C@H](C)NP(=O)(/C=C/[C@@]1(N=[N+]=[N-])O[C@@H](n2ccc(=O)[nH]c2=O)[C@H](O)[C@@H]1O)N[C@@H](C)C(=O)OCCCC.Cl.[N-]=[N+]=N[C@]1(/C=C/P(=O)(O)O)O[C@@H](n2ccc(=O)[nH]c2=O)[C@H](O)[C@@H]1O. The van der Waals surface area contributed by atoms with Crippen molar-refractivity contribution in [2.75, 3.05) is 19.8 Å². The van der Waals surface area contributed by atoms with E-state index in [1.165, 1.54) is 13.8 Å². The van der Waals surface area contributed by atoms with Crippen LogP contribution in [0.25, 0.3) is 20.9 Å². The van der Waals surface area contributed by atoms with Crippen LogP contribution in [0.3, 0.4) is 0 Å². The lowest BCUT2D eigenvalue weighted by molar-refractivity contribution is -0.146. The van der Waals surface area contributed by atoms with E-state index < -0.39 is 116 Å². The number of nitrogens with two attached hydrogens (primary N) is 1. The van der Waals surface area contributed by atoms with E-state index in [0.29, 0.717) is 31.3 Å². The standard InChI is InChI=1S/C24H38N7O10P.C10H12N5O8P.C7H15NO2.CH4.ClH/c1-5-7-12-39-21(35)15(3)27-42(38,28-16(4)22(36)40-13-8-6-2)14-10-24(29-30-25)19(34)18(33)20(41-24)31-11-9-17(32)26-23(31)37;11-14-13-10(2-4-24(20,21)22)7(18)6(17)8(23-10)15-3-1-5(16)12-9(15)19;1-3-4-5-10-7(9)6(2)8;;/h9-11,14-16,18-20,33-34H,5-8,12-13H2,1-4H3,(H,26,32,37)(H2,27,28,38);1-4,6-8,17-18H,(H,12,16,19)(H2,20,21,22);6H,3-5,8H2,1-2H3;1H4;1H/b14-10+;4-2+;;;/t15-,16-,18+,19-,20+,24+;6-,7+,8-,10-;6-;;/m010../s1. The van der Waals surface area contributed by atoms with Gasteiger partial charge in [0.15, 0.2) is 23.9 Å². The minimum absolute atomic E-state index is 0. The average molecular weight is 1170 g/mol. The van der Waals surface area contributed by atoms with Gasteiger partial charge in [-0.05, 0) is 63.2 Å². The number of aliphatic hydroxyl groups excluding tert-OH is 4.